The Bertz CT molecular complexity index is 608. The van der Waals surface area contributed by atoms with Gasteiger partial charge in [-0.1, -0.05) is 83.3 Å². The van der Waals surface area contributed by atoms with E-state index in [0.29, 0.717) is 18.6 Å². The number of ketones is 1. The molecule has 32 heavy (non-hydrogen) atoms. The van der Waals surface area contributed by atoms with Crippen molar-refractivity contribution in [1.82, 2.24) is 0 Å². The van der Waals surface area contributed by atoms with Crippen LogP contribution >= 0.6 is 0 Å². The number of Topliss-reactive ketones (excluding diaryl/α,β-unsaturated/α-hetero) is 1. The Labute approximate surface area is 197 Å². The van der Waals surface area contributed by atoms with Crippen molar-refractivity contribution in [1.29, 1.82) is 5.41 Å². The van der Waals surface area contributed by atoms with E-state index in [1.165, 1.54) is 32.1 Å². The van der Waals surface area contributed by atoms with Crippen LogP contribution in [0.5, 0.6) is 0 Å². The van der Waals surface area contributed by atoms with Crippen LogP contribution in [0.2, 0.25) is 0 Å². The molecule has 0 radical (unpaired) electrons. The summed E-state index contributed by atoms with van der Waals surface area (Å²) in [5.41, 5.74) is 2.42. The van der Waals surface area contributed by atoms with E-state index in [2.05, 4.69) is 6.92 Å². The molecule has 0 heterocycles. The second kappa shape index (κ2) is 17.2. The van der Waals surface area contributed by atoms with E-state index in [1.807, 2.05) is 26.0 Å². The molecule has 0 aliphatic heterocycles. The van der Waals surface area contributed by atoms with Crippen LogP contribution < -0.4 is 0 Å². The Morgan fingerprint density at radius 3 is 2.34 bits per heavy atom. The summed E-state index contributed by atoms with van der Waals surface area (Å²) in [6.07, 6.45) is 19.0. The maximum atomic E-state index is 12.2. The number of rotatable bonds is 17. The summed E-state index contributed by atoms with van der Waals surface area (Å²) in [7, 11) is 0. The molecule has 1 rings (SSSR count). The number of aliphatic hydroxyl groups is 2. The average molecular weight is 448 g/mol. The zero-order chi connectivity index (χ0) is 23.8. The first-order valence-corrected chi connectivity index (χ1v) is 13.2. The minimum Gasteiger partial charge on any atom is -0.393 e. The highest BCUT2D eigenvalue weighted by Crippen LogP contribution is 2.26. The fourth-order valence-electron chi connectivity index (χ4n) is 4.51. The quantitative estimate of drug-likeness (QED) is 0.164. The van der Waals surface area contributed by atoms with Gasteiger partial charge in [0, 0.05) is 18.6 Å². The zero-order valence-corrected chi connectivity index (χ0v) is 21.0. The molecule has 3 unspecified atom stereocenters. The van der Waals surface area contributed by atoms with Crippen molar-refractivity contribution in [3.05, 3.63) is 23.3 Å². The average Bonchev–Trinajstić information content (AvgIpc) is 2.76. The lowest BCUT2D eigenvalue weighted by atomic mass is 9.84. The number of carbonyl (C=O) groups is 1. The Morgan fingerprint density at radius 2 is 1.62 bits per heavy atom. The second-order valence-corrected chi connectivity index (χ2v) is 9.92. The summed E-state index contributed by atoms with van der Waals surface area (Å²) in [5, 5.41) is 28.8. The number of aliphatic hydroxyl groups excluding tert-OH is 2. The van der Waals surface area contributed by atoms with Crippen LogP contribution in [0.15, 0.2) is 23.3 Å². The van der Waals surface area contributed by atoms with Crippen LogP contribution in [0.4, 0.5) is 0 Å². The molecule has 0 amide bonds. The van der Waals surface area contributed by atoms with Crippen molar-refractivity contribution in [2.45, 2.75) is 136 Å². The molecule has 1 aliphatic rings. The first-order chi connectivity index (χ1) is 15.3. The summed E-state index contributed by atoms with van der Waals surface area (Å²) in [6.45, 7) is 6.02. The summed E-state index contributed by atoms with van der Waals surface area (Å²) in [6, 6.07) is 0. The molecule has 0 aromatic carbocycles. The predicted octanol–water partition coefficient (Wildman–Crippen LogP) is 7.08. The highest BCUT2D eigenvalue weighted by atomic mass is 16.3. The Hall–Kier alpha value is -1.26. The molecule has 3 N–H and O–H groups in total. The van der Waals surface area contributed by atoms with Gasteiger partial charge >= 0.3 is 0 Å². The van der Waals surface area contributed by atoms with Crippen LogP contribution in [-0.4, -0.2) is 33.9 Å². The van der Waals surface area contributed by atoms with Crippen molar-refractivity contribution in [2.75, 3.05) is 0 Å². The van der Waals surface area contributed by atoms with Crippen LogP contribution in [0, 0.1) is 11.3 Å². The van der Waals surface area contributed by atoms with Gasteiger partial charge in [-0.3, -0.25) is 4.79 Å². The largest absolute Gasteiger partial charge is 0.393 e. The minimum atomic E-state index is -0.523. The van der Waals surface area contributed by atoms with E-state index in [9.17, 15) is 15.0 Å². The van der Waals surface area contributed by atoms with Crippen LogP contribution in [-0.2, 0) is 4.79 Å². The summed E-state index contributed by atoms with van der Waals surface area (Å²) in [4.78, 5) is 12.2. The molecule has 0 aromatic rings. The maximum Gasteiger partial charge on any atom is 0.158 e. The number of allylic oxidation sites excluding steroid dienone is 3. The van der Waals surface area contributed by atoms with E-state index < -0.39 is 6.10 Å². The highest BCUT2D eigenvalue weighted by Gasteiger charge is 2.25. The van der Waals surface area contributed by atoms with Crippen molar-refractivity contribution < 1.29 is 15.0 Å². The third-order valence-electron chi connectivity index (χ3n) is 6.82. The lowest BCUT2D eigenvalue weighted by Gasteiger charge is -2.24. The topological polar surface area (TPSA) is 81.4 Å². The lowest BCUT2D eigenvalue weighted by Crippen LogP contribution is -2.26. The summed E-state index contributed by atoms with van der Waals surface area (Å²) in [5.74, 6) is 0.163. The first-order valence-electron chi connectivity index (χ1n) is 13.2. The third kappa shape index (κ3) is 12.7. The van der Waals surface area contributed by atoms with Gasteiger partial charge in [-0.15, -0.1) is 0 Å². The van der Waals surface area contributed by atoms with E-state index >= 15 is 0 Å². The van der Waals surface area contributed by atoms with Gasteiger partial charge in [0.25, 0.3) is 0 Å². The van der Waals surface area contributed by atoms with Crippen LogP contribution in [0.25, 0.3) is 0 Å². The van der Waals surface area contributed by atoms with Gasteiger partial charge in [-0.25, -0.2) is 0 Å². The van der Waals surface area contributed by atoms with Gasteiger partial charge in [0.1, 0.15) is 0 Å². The zero-order valence-electron chi connectivity index (χ0n) is 21.0. The van der Waals surface area contributed by atoms with Gasteiger partial charge < -0.3 is 15.6 Å². The van der Waals surface area contributed by atoms with E-state index in [-0.39, 0.29) is 17.8 Å². The van der Waals surface area contributed by atoms with Crippen LogP contribution in [0.3, 0.4) is 0 Å². The number of nitrogens with one attached hydrogen (secondary N) is 1. The number of unbranched alkanes of at least 4 members (excludes halogenated alkanes) is 9. The van der Waals surface area contributed by atoms with Crippen molar-refractivity contribution in [3.63, 3.8) is 0 Å². The molecule has 4 nitrogen and oxygen atoms in total. The van der Waals surface area contributed by atoms with Gasteiger partial charge in [-0.2, -0.15) is 0 Å². The second-order valence-electron chi connectivity index (χ2n) is 9.92. The van der Waals surface area contributed by atoms with E-state index in [1.54, 1.807) is 0 Å². The predicted molar refractivity (Wildman–Crippen MR) is 135 cm³/mol. The van der Waals surface area contributed by atoms with Gasteiger partial charge in [0.15, 0.2) is 5.78 Å². The standard InChI is InChI=1S/C28H49NO3/c1-4-5-6-7-10-13-16-25(29)21-26(30)17-14-11-8-9-12-15-24-20-27(31)22(2)18-19-23(3)28(24)32/h18-19,24,26,28-30,32H,4-17,20-21H2,1-3H3/b22-18-,23-19+,29-25?. The normalized spacial score (nSPS) is 23.6. The summed E-state index contributed by atoms with van der Waals surface area (Å²) < 4.78 is 0. The Balaban J connectivity index is 2.09. The van der Waals surface area contributed by atoms with Gasteiger partial charge in [0.2, 0.25) is 0 Å². The first kappa shape index (κ1) is 28.8. The molecule has 184 valence electrons. The van der Waals surface area contributed by atoms with Crippen molar-refractivity contribution in [3.8, 4) is 0 Å². The molecule has 0 saturated carbocycles. The van der Waals surface area contributed by atoms with Crippen molar-refractivity contribution >= 4 is 11.5 Å². The lowest BCUT2D eigenvalue weighted by molar-refractivity contribution is -0.117. The number of hydrogen-bond acceptors (Lipinski definition) is 4. The number of carbonyl (C=O) groups excluding carboxylic acids is 1. The van der Waals surface area contributed by atoms with Crippen molar-refractivity contribution in [2.24, 2.45) is 5.92 Å². The molecule has 0 saturated heterocycles. The molecule has 0 fully saturated rings. The SMILES string of the molecule is CCCCCCCCC(=N)CC(O)CCCCCCCC1CC(=O)/C(C)=C\C=C(/C)C1O. The third-order valence-corrected chi connectivity index (χ3v) is 6.82. The maximum absolute atomic E-state index is 12.2. The molecule has 0 spiro atoms. The number of hydrogen-bond donors (Lipinski definition) is 3. The molecule has 1 aliphatic carbocycles. The molecule has 0 aromatic heterocycles. The monoisotopic (exact) mass is 447 g/mol. The molecule has 3 atom stereocenters. The van der Waals surface area contributed by atoms with Crippen LogP contribution in [0.1, 0.15) is 124 Å². The molecular weight excluding hydrogens is 398 g/mol. The van der Waals surface area contributed by atoms with Gasteiger partial charge in [-0.05, 0) is 56.6 Å². The summed E-state index contributed by atoms with van der Waals surface area (Å²) >= 11 is 0. The van der Waals surface area contributed by atoms with E-state index in [0.717, 1.165) is 68.9 Å². The fraction of sp³-hybridized carbons (Fsp3) is 0.786. The molecule has 4 heteroatoms. The Kier molecular flexibility index (Phi) is 15.5. The van der Waals surface area contributed by atoms with Gasteiger partial charge in [0.05, 0.1) is 12.2 Å². The minimum absolute atomic E-state index is 0.0156. The molecule has 0 bridgehead atoms. The van der Waals surface area contributed by atoms with E-state index in [4.69, 9.17) is 5.41 Å². The Morgan fingerprint density at radius 1 is 1.00 bits per heavy atom. The highest BCUT2D eigenvalue weighted by molar-refractivity contribution is 5.95. The molecular formula is C28H49NO3. The smallest absolute Gasteiger partial charge is 0.158 e. The fourth-order valence-corrected chi connectivity index (χ4v) is 4.51.